The van der Waals surface area contributed by atoms with Crippen LogP contribution in [0.4, 0.5) is 0 Å². The minimum Gasteiger partial charge on any atom is -0.367 e. The molecule has 1 fully saturated rings. The SMILES string of the molecule is O=S(=O)(c1ccccn1)N1CCOC(c2noc(-c3ccccc3)n2)C1. The molecule has 1 aliphatic heterocycles. The van der Waals surface area contributed by atoms with Gasteiger partial charge in [0.1, 0.15) is 6.10 Å². The molecule has 0 saturated carbocycles. The van der Waals surface area contributed by atoms with Gasteiger partial charge in [0.25, 0.3) is 15.9 Å². The van der Waals surface area contributed by atoms with E-state index >= 15 is 0 Å². The van der Waals surface area contributed by atoms with Crippen molar-refractivity contribution in [2.24, 2.45) is 0 Å². The number of sulfonamides is 1. The first-order valence-corrected chi connectivity index (χ1v) is 9.50. The van der Waals surface area contributed by atoms with Gasteiger partial charge in [0, 0.05) is 24.8 Å². The summed E-state index contributed by atoms with van der Waals surface area (Å²) in [6.07, 6.45) is 0.860. The molecule has 9 heteroatoms. The zero-order valence-corrected chi connectivity index (χ0v) is 14.5. The van der Waals surface area contributed by atoms with E-state index in [4.69, 9.17) is 9.26 Å². The Bertz CT molecular complexity index is 976. The fourth-order valence-electron chi connectivity index (χ4n) is 2.70. The highest BCUT2D eigenvalue weighted by molar-refractivity contribution is 7.89. The molecule has 0 aliphatic carbocycles. The molecule has 0 spiro atoms. The molecule has 0 radical (unpaired) electrons. The Morgan fingerprint density at radius 2 is 1.88 bits per heavy atom. The van der Waals surface area contributed by atoms with E-state index in [9.17, 15) is 8.42 Å². The monoisotopic (exact) mass is 372 g/mol. The van der Waals surface area contributed by atoms with Crippen LogP contribution in [0.2, 0.25) is 0 Å². The number of morpholine rings is 1. The van der Waals surface area contributed by atoms with E-state index in [-0.39, 0.29) is 24.7 Å². The second-order valence-electron chi connectivity index (χ2n) is 5.71. The molecular weight excluding hydrogens is 356 g/mol. The van der Waals surface area contributed by atoms with Gasteiger partial charge in [-0.15, -0.1) is 0 Å². The molecular formula is C17H16N4O4S. The zero-order chi connectivity index (χ0) is 18.0. The van der Waals surface area contributed by atoms with Crippen LogP contribution in [0.15, 0.2) is 64.3 Å². The number of rotatable bonds is 4. The Hall–Kier alpha value is -2.62. The predicted molar refractivity (Wildman–Crippen MR) is 91.4 cm³/mol. The Labute approximate surface area is 150 Å². The van der Waals surface area contributed by atoms with Gasteiger partial charge < -0.3 is 9.26 Å². The van der Waals surface area contributed by atoms with E-state index in [2.05, 4.69) is 15.1 Å². The lowest BCUT2D eigenvalue weighted by Crippen LogP contribution is -2.42. The first-order valence-electron chi connectivity index (χ1n) is 8.06. The van der Waals surface area contributed by atoms with E-state index in [0.717, 1.165) is 5.56 Å². The number of benzene rings is 1. The first kappa shape index (κ1) is 16.8. The highest BCUT2D eigenvalue weighted by atomic mass is 32.2. The third-order valence-electron chi connectivity index (χ3n) is 4.02. The third kappa shape index (κ3) is 3.24. The summed E-state index contributed by atoms with van der Waals surface area (Å²) in [5.74, 6) is 0.693. The summed E-state index contributed by atoms with van der Waals surface area (Å²) in [7, 11) is -3.69. The number of pyridine rings is 1. The van der Waals surface area contributed by atoms with Crippen molar-refractivity contribution in [3.05, 3.63) is 60.6 Å². The van der Waals surface area contributed by atoms with Gasteiger partial charge in [-0.25, -0.2) is 13.4 Å². The Balaban J connectivity index is 1.55. The van der Waals surface area contributed by atoms with Crippen LogP contribution in [-0.4, -0.2) is 47.5 Å². The van der Waals surface area contributed by atoms with Gasteiger partial charge in [0.2, 0.25) is 5.82 Å². The fourth-order valence-corrected chi connectivity index (χ4v) is 4.05. The van der Waals surface area contributed by atoms with Crippen molar-refractivity contribution in [3.8, 4) is 11.5 Å². The highest BCUT2D eigenvalue weighted by Crippen LogP contribution is 2.26. The first-order chi connectivity index (χ1) is 12.6. The number of hydrogen-bond acceptors (Lipinski definition) is 7. The molecule has 0 bridgehead atoms. The van der Waals surface area contributed by atoms with E-state index in [1.807, 2.05) is 30.3 Å². The quantitative estimate of drug-likeness (QED) is 0.690. The van der Waals surface area contributed by atoms with Gasteiger partial charge in [-0.05, 0) is 24.3 Å². The summed E-state index contributed by atoms with van der Waals surface area (Å²) in [4.78, 5) is 8.30. The summed E-state index contributed by atoms with van der Waals surface area (Å²) in [6, 6.07) is 14.1. The highest BCUT2D eigenvalue weighted by Gasteiger charge is 2.34. The van der Waals surface area contributed by atoms with Crippen molar-refractivity contribution in [2.75, 3.05) is 19.7 Å². The number of ether oxygens (including phenoxy) is 1. The molecule has 26 heavy (non-hydrogen) atoms. The second kappa shape index (κ2) is 6.94. The smallest absolute Gasteiger partial charge is 0.260 e. The second-order valence-corrected chi connectivity index (χ2v) is 7.60. The normalized spacial score (nSPS) is 18.7. The number of hydrogen-bond donors (Lipinski definition) is 0. The molecule has 4 rings (SSSR count). The summed E-state index contributed by atoms with van der Waals surface area (Å²) in [5, 5.41) is 3.97. The summed E-state index contributed by atoms with van der Waals surface area (Å²) < 4.78 is 37.8. The predicted octanol–water partition coefficient (Wildman–Crippen LogP) is 1.89. The third-order valence-corrected chi connectivity index (χ3v) is 5.80. The van der Waals surface area contributed by atoms with E-state index in [1.165, 1.54) is 16.6 Å². The lowest BCUT2D eigenvalue weighted by molar-refractivity contribution is -0.00865. The Kier molecular flexibility index (Phi) is 4.49. The van der Waals surface area contributed by atoms with Crippen molar-refractivity contribution in [3.63, 3.8) is 0 Å². The van der Waals surface area contributed by atoms with E-state index in [0.29, 0.717) is 11.7 Å². The molecule has 1 unspecified atom stereocenters. The molecule has 134 valence electrons. The number of aromatic nitrogens is 3. The molecule has 0 N–H and O–H groups in total. The van der Waals surface area contributed by atoms with Crippen LogP contribution in [0.1, 0.15) is 11.9 Å². The molecule has 8 nitrogen and oxygen atoms in total. The molecule has 0 amide bonds. The topological polar surface area (TPSA) is 98.4 Å². The summed E-state index contributed by atoms with van der Waals surface area (Å²) in [5.41, 5.74) is 0.792. The van der Waals surface area contributed by atoms with Gasteiger partial charge in [-0.1, -0.05) is 29.4 Å². The van der Waals surface area contributed by atoms with Crippen LogP contribution in [0.5, 0.6) is 0 Å². The molecule has 2 aromatic heterocycles. The minimum absolute atomic E-state index is 0.0127. The van der Waals surface area contributed by atoms with Crippen LogP contribution in [-0.2, 0) is 14.8 Å². The number of nitrogens with zero attached hydrogens (tertiary/aromatic N) is 4. The summed E-state index contributed by atoms with van der Waals surface area (Å²) in [6.45, 7) is 0.595. The molecule has 1 aliphatic rings. The van der Waals surface area contributed by atoms with Crippen molar-refractivity contribution >= 4 is 10.0 Å². The van der Waals surface area contributed by atoms with Gasteiger partial charge in [0.15, 0.2) is 5.03 Å². The van der Waals surface area contributed by atoms with Crippen molar-refractivity contribution in [1.82, 2.24) is 19.4 Å². The average molecular weight is 372 g/mol. The molecule has 3 heterocycles. The maximum atomic E-state index is 12.7. The fraction of sp³-hybridized carbons (Fsp3) is 0.235. The van der Waals surface area contributed by atoms with Gasteiger partial charge in [-0.2, -0.15) is 9.29 Å². The van der Waals surface area contributed by atoms with Gasteiger partial charge >= 0.3 is 0 Å². The lowest BCUT2D eigenvalue weighted by Gasteiger charge is -2.30. The summed E-state index contributed by atoms with van der Waals surface area (Å²) >= 11 is 0. The molecule has 1 aromatic carbocycles. The van der Waals surface area contributed by atoms with Crippen LogP contribution < -0.4 is 0 Å². The van der Waals surface area contributed by atoms with Crippen molar-refractivity contribution < 1.29 is 17.7 Å². The van der Waals surface area contributed by atoms with Crippen LogP contribution in [0, 0.1) is 0 Å². The largest absolute Gasteiger partial charge is 0.367 e. The lowest BCUT2D eigenvalue weighted by atomic mass is 10.2. The van der Waals surface area contributed by atoms with Crippen LogP contribution in [0.25, 0.3) is 11.5 Å². The average Bonchev–Trinajstić information content (AvgIpc) is 3.20. The van der Waals surface area contributed by atoms with E-state index < -0.39 is 16.1 Å². The Morgan fingerprint density at radius 1 is 1.08 bits per heavy atom. The van der Waals surface area contributed by atoms with Crippen molar-refractivity contribution in [1.29, 1.82) is 0 Å². The standard InChI is InChI=1S/C17H16N4O4S/c22-26(23,15-8-4-5-9-18-15)21-10-11-24-14(12-21)16-19-17(25-20-16)13-6-2-1-3-7-13/h1-9,14H,10-12H2. The van der Waals surface area contributed by atoms with Crippen LogP contribution in [0.3, 0.4) is 0 Å². The maximum absolute atomic E-state index is 12.7. The van der Waals surface area contributed by atoms with Gasteiger partial charge in [0.05, 0.1) is 6.61 Å². The minimum atomic E-state index is -3.69. The molecule has 1 atom stereocenters. The van der Waals surface area contributed by atoms with Gasteiger partial charge in [-0.3, -0.25) is 0 Å². The van der Waals surface area contributed by atoms with E-state index in [1.54, 1.807) is 12.1 Å². The maximum Gasteiger partial charge on any atom is 0.260 e. The molecule has 1 saturated heterocycles. The van der Waals surface area contributed by atoms with Crippen LogP contribution >= 0.6 is 0 Å². The molecule has 3 aromatic rings. The zero-order valence-electron chi connectivity index (χ0n) is 13.7. The van der Waals surface area contributed by atoms with Crippen molar-refractivity contribution in [2.45, 2.75) is 11.1 Å². The Morgan fingerprint density at radius 3 is 2.65 bits per heavy atom.